The lowest BCUT2D eigenvalue weighted by molar-refractivity contribution is 0.0577. The molecule has 0 bridgehead atoms. The van der Waals surface area contributed by atoms with Crippen molar-refractivity contribution in [3.8, 4) is 6.07 Å². The first-order valence-corrected chi connectivity index (χ1v) is 8.99. The molecule has 0 unspecified atom stereocenters. The number of allylic oxidation sites excluding steroid dienone is 1. The number of hydrogen-bond donors (Lipinski definition) is 2. The van der Waals surface area contributed by atoms with Crippen LogP contribution in [0, 0.1) is 24.2 Å². The Morgan fingerprint density at radius 1 is 1.44 bits per heavy atom. The quantitative estimate of drug-likeness (QED) is 0.761. The summed E-state index contributed by atoms with van der Waals surface area (Å²) < 4.78 is 0. The molecule has 0 radical (unpaired) electrons. The maximum Gasteiger partial charge on any atom is 0.255 e. The van der Waals surface area contributed by atoms with Crippen LogP contribution in [0.15, 0.2) is 41.7 Å². The summed E-state index contributed by atoms with van der Waals surface area (Å²) in [4.78, 5) is 21.9. The highest BCUT2D eigenvalue weighted by Gasteiger charge is 2.32. The summed E-state index contributed by atoms with van der Waals surface area (Å²) in [5, 5.41) is 9.81. The molecular formula is C19H17Cl2N5O. The number of carbonyl (C=O) groups excluding carboxylic acids is 1. The van der Waals surface area contributed by atoms with E-state index in [1.807, 2.05) is 6.92 Å². The van der Waals surface area contributed by atoms with Gasteiger partial charge in [-0.1, -0.05) is 23.2 Å². The highest BCUT2D eigenvalue weighted by atomic mass is 35.5. The first-order valence-electron chi connectivity index (χ1n) is 8.23. The molecule has 1 aromatic carbocycles. The monoisotopic (exact) mass is 401 g/mol. The molecule has 3 rings (SSSR count). The molecule has 2 aromatic rings. The molecule has 3 N–H and O–H groups in total. The van der Waals surface area contributed by atoms with Gasteiger partial charge in [-0.05, 0) is 43.0 Å². The molecule has 1 fully saturated rings. The third-order valence-electron chi connectivity index (χ3n) is 4.38. The minimum Gasteiger partial charge on any atom is -0.405 e. The first kappa shape index (κ1) is 19.0. The largest absolute Gasteiger partial charge is 0.405 e. The van der Waals surface area contributed by atoms with Crippen LogP contribution >= 0.6 is 23.2 Å². The number of amides is 1. The average Bonchev–Trinajstić information content (AvgIpc) is 2.97. The summed E-state index contributed by atoms with van der Waals surface area (Å²) in [5.74, 6) is -0.195. The molecule has 6 nitrogen and oxygen atoms in total. The number of nitrogens with one attached hydrogen (secondary N) is 1. The van der Waals surface area contributed by atoms with E-state index in [1.54, 1.807) is 35.4 Å². The number of carbonyl (C=O) groups is 1. The standard InChI is InChI=1S/C19H17Cl2N5O/c1-11-14(19(27)26-9-12(7-23)10-26)8-24-18(11)17(4-5-22)25-16-3-2-13(20)6-15(16)21/h2-6,8,12,24H,9-10,22H2,1H3/b5-4-,25-17?. The number of H-pyrrole nitrogens is 1. The lowest BCUT2D eigenvalue weighted by Gasteiger charge is -2.35. The lowest BCUT2D eigenvalue weighted by atomic mass is 10.00. The van der Waals surface area contributed by atoms with E-state index < -0.39 is 0 Å². The second kappa shape index (κ2) is 7.87. The third-order valence-corrected chi connectivity index (χ3v) is 4.92. The molecular weight excluding hydrogens is 385 g/mol. The second-order valence-electron chi connectivity index (χ2n) is 6.19. The molecule has 8 heteroatoms. The lowest BCUT2D eigenvalue weighted by Crippen LogP contribution is -2.49. The summed E-state index contributed by atoms with van der Waals surface area (Å²) in [6.45, 7) is 2.75. The zero-order valence-electron chi connectivity index (χ0n) is 14.5. The van der Waals surface area contributed by atoms with E-state index in [9.17, 15) is 4.79 Å². The van der Waals surface area contributed by atoms with Crippen LogP contribution < -0.4 is 5.73 Å². The number of likely N-dealkylation sites (tertiary alicyclic amines) is 1. The van der Waals surface area contributed by atoms with E-state index in [4.69, 9.17) is 34.2 Å². The maximum atomic E-state index is 12.6. The van der Waals surface area contributed by atoms with Gasteiger partial charge in [0.05, 0.1) is 39.7 Å². The second-order valence-corrected chi connectivity index (χ2v) is 7.03. The highest BCUT2D eigenvalue weighted by Crippen LogP contribution is 2.29. The van der Waals surface area contributed by atoms with Crippen molar-refractivity contribution in [2.24, 2.45) is 16.6 Å². The number of hydrogen-bond acceptors (Lipinski definition) is 4. The number of halogens is 2. The van der Waals surface area contributed by atoms with Gasteiger partial charge in [0.2, 0.25) is 0 Å². The van der Waals surface area contributed by atoms with Gasteiger partial charge in [0.25, 0.3) is 5.91 Å². The number of nitrogens with two attached hydrogens (primary N) is 1. The Hall–Kier alpha value is -2.75. The molecule has 0 atom stereocenters. The average molecular weight is 402 g/mol. The number of aromatic nitrogens is 1. The van der Waals surface area contributed by atoms with E-state index in [1.165, 1.54) is 6.20 Å². The molecule has 1 aromatic heterocycles. The smallest absolute Gasteiger partial charge is 0.255 e. The van der Waals surface area contributed by atoms with Gasteiger partial charge in [-0.15, -0.1) is 0 Å². The van der Waals surface area contributed by atoms with Crippen molar-refractivity contribution in [3.05, 3.63) is 63.5 Å². The minimum absolute atomic E-state index is 0.0861. The fourth-order valence-corrected chi connectivity index (χ4v) is 3.30. The van der Waals surface area contributed by atoms with Gasteiger partial charge >= 0.3 is 0 Å². The number of benzene rings is 1. The van der Waals surface area contributed by atoms with Gasteiger partial charge in [-0.3, -0.25) is 4.79 Å². The van der Waals surface area contributed by atoms with Crippen LogP contribution in [-0.4, -0.2) is 34.6 Å². The molecule has 0 saturated carbocycles. The fourth-order valence-electron chi connectivity index (χ4n) is 2.85. The molecule has 0 aliphatic carbocycles. The van der Waals surface area contributed by atoms with Crippen molar-refractivity contribution in [1.29, 1.82) is 5.26 Å². The molecule has 1 saturated heterocycles. The van der Waals surface area contributed by atoms with Crippen molar-refractivity contribution in [1.82, 2.24) is 9.88 Å². The van der Waals surface area contributed by atoms with Crippen molar-refractivity contribution >= 4 is 40.5 Å². The Balaban J connectivity index is 1.93. The van der Waals surface area contributed by atoms with Gasteiger partial charge in [0.15, 0.2) is 0 Å². The number of rotatable bonds is 4. The molecule has 138 valence electrons. The van der Waals surface area contributed by atoms with Gasteiger partial charge in [-0.2, -0.15) is 5.26 Å². The highest BCUT2D eigenvalue weighted by molar-refractivity contribution is 6.36. The zero-order chi connectivity index (χ0) is 19.6. The van der Waals surface area contributed by atoms with Gasteiger partial charge in [0.1, 0.15) is 0 Å². The van der Waals surface area contributed by atoms with Crippen LogP contribution in [0.4, 0.5) is 5.69 Å². The normalized spacial score (nSPS) is 15.0. The summed E-state index contributed by atoms with van der Waals surface area (Å²) in [6, 6.07) is 7.18. The molecule has 1 aliphatic rings. The first-order chi connectivity index (χ1) is 12.9. The van der Waals surface area contributed by atoms with Crippen LogP contribution in [0.5, 0.6) is 0 Å². The molecule has 1 amide bonds. The van der Waals surface area contributed by atoms with Gasteiger partial charge < -0.3 is 15.6 Å². The van der Waals surface area contributed by atoms with E-state index in [0.717, 1.165) is 5.56 Å². The van der Waals surface area contributed by atoms with Crippen LogP contribution in [0.25, 0.3) is 0 Å². The van der Waals surface area contributed by atoms with E-state index in [-0.39, 0.29) is 11.8 Å². The van der Waals surface area contributed by atoms with Crippen molar-refractivity contribution in [2.45, 2.75) is 6.92 Å². The summed E-state index contributed by atoms with van der Waals surface area (Å²) in [7, 11) is 0. The Morgan fingerprint density at radius 3 is 2.81 bits per heavy atom. The van der Waals surface area contributed by atoms with Crippen LogP contribution in [-0.2, 0) is 0 Å². The Morgan fingerprint density at radius 2 is 2.19 bits per heavy atom. The maximum absolute atomic E-state index is 12.6. The summed E-state index contributed by atoms with van der Waals surface area (Å²) in [6.07, 6.45) is 4.65. The van der Waals surface area contributed by atoms with Crippen LogP contribution in [0.2, 0.25) is 10.0 Å². The van der Waals surface area contributed by atoms with Crippen LogP contribution in [0.3, 0.4) is 0 Å². The zero-order valence-corrected chi connectivity index (χ0v) is 16.1. The number of nitriles is 1. The van der Waals surface area contributed by atoms with Crippen molar-refractivity contribution in [3.63, 3.8) is 0 Å². The van der Waals surface area contributed by atoms with Crippen LogP contribution in [0.1, 0.15) is 21.6 Å². The molecule has 2 heterocycles. The fraction of sp³-hybridized carbons (Fsp3) is 0.211. The Bertz CT molecular complexity index is 980. The summed E-state index contributed by atoms with van der Waals surface area (Å²) >= 11 is 12.1. The molecule has 27 heavy (non-hydrogen) atoms. The number of aromatic amines is 1. The number of aliphatic imine (C=N–C) groups is 1. The predicted octanol–water partition coefficient (Wildman–Crippen LogP) is 3.82. The van der Waals surface area contributed by atoms with Crippen molar-refractivity contribution in [2.75, 3.05) is 13.1 Å². The summed E-state index contributed by atoms with van der Waals surface area (Å²) in [5.41, 5.74) is 8.62. The predicted molar refractivity (Wildman–Crippen MR) is 107 cm³/mol. The Kier molecular flexibility index (Phi) is 5.54. The third kappa shape index (κ3) is 3.85. The molecule has 1 aliphatic heterocycles. The topological polar surface area (TPSA) is 98.3 Å². The minimum atomic E-state index is -0.109. The van der Waals surface area contributed by atoms with E-state index >= 15 is 0 Å². The van der Waals surface area contributed by atoms with E-state index in [0.29, 0.717) is 45.8 Å². The van der Waals surface area contributed by atoms with Gasteiger partial charge in [0, 0.05) is 24.3 Å². The van der Waals surface area contributed by atoms with E-state index in [2.05, 4.69) is 16.0 Å². The van der Waals surface area contributed by atoms with Gasteiger partial charge in [-0.25, -0.2) is 4.99 Å². The SMILES string of the molecule is Cc1c(C(=O)N2CC(C#N)C2)c[nH]c1C(/C=C\N)=Nc1ccc(Cl)cc1Cl. The van der Waals surface area contributed by atoms with Crippen molar-refractivity contribution < 1.29 is 4.79 Å². The number of nitrogens with zero attached hydrogens (tertiary/aromatic N) is 3. The Labute approximate surface area is 166 Å². The molecule has 0 spiro atoms.